The van der Waals surface area contributed by atoms with E-state index in [1.165, 1.54) is 38.3 Å². The van der Waals surface area contributed by atoms with Crippen molar-refractivity contribution >= 4 is 46.1 Å². The smallest absolute Gasteiger partial charge is 0.308 e. The summed E-state index contributed by atoms with van der Waals surface area (Å²) in [5, 5.41) is 15.4. The Morgan fingerprint density at radius 3 is 2.41 bits per heavy atom. The van der Waals surface area contributed by atoms with Gasteiger partial charge in [-0.15, -0.1) is 0 Å². The molecule has 2 aromatic carbocycles. The van der Waals surface area contributed by atoms with Gasteiger partial charge in [-0.05, 0) is 117 Å². The first-order chi connectivity index (χ1) is 21.9. The minimum atomic E-state index is -1.74. The van der Waals surface area contributed by atoms with Crippen LogP contribution >= 0.6 is 22.6 Å². The van der Waals surface area contributed by atoms with Crippen molar-refractivity contribution in [2.75, 3.05) is 19.0 Å². The average molecular weight is 750 g/mol. The average Bonchev–Trinajstić information content (AvgIpc) is 3.63. The molecule has 3 aliphatic carbocycles. The van der Waals surface area contributed by atoms with Crippen molar-refractivity contribution in [2.45, 2.75) is 74.6 Å². The van der Waals surface area contributed by atoms with Crippen LogP contribution in [0.4, 0.5) is 14.5 Å². The van der Waals surface area contributed by atoms with E-state index in [0.29, 0.717) is 38.0 Å². The van der Waals surface area contributed by atoms with E-state index in [2.05, 4.69) is 10.6 Å². The van der Waals surface area contributed by atoms with E-state index >= 15 is 4.39 Å². The van der Waals surface area contributed by atoms with E-state index in [1.807, 2.05) is 6.07 Å². The standard InChI is InChI=1S/C34H38F2IN3O6/c1-4-45-33(43)19-7-9-24(10-8-19)46-28-15-25(27(44-3)16-26(28)35)31(41)40-30-21-6-5-20(13-21)29(30)32(42)39-23-12-18(17-38)11-22(14-23)34(2,36)37/h11-12,14-16,19-21,24,29-30H,4-10,13H2,1-3H3,(H,39,42)(H,40,41)/t19?,20-,21+,24?,29+,30-,34?/m1/s1. The molecule has 2 bridgehead atoms. The number of fused-ring (bicyclic) bond motifs is 2. The zero-order valence-corrected chi connectivity index (χ0v) is 28.2. The summed E-state index contributed by atoms with van der Waals surface area (Å²) < 4.78 is 44.5. The van der Waals surface area contributed by atoms with Crippen LogP contribution in [-0.4, -0.2) is 43.6 Å². The number of rotatable bonds is 10. The molecule has 46 heavy (non-hydrogen) atoms. The maximum atomic E-state index is 15.1. The summed E-state index contributed by atoms with van der Waals surface area (Å²) in [6.45, 7) is 3.45. The molecule has 246 valence electrons. The fourth-order valence-electron chi connectivity index (χ4n) is 7.18. The number of alkyl halides is 2. The van der Waals surface area contributed by atoms with Gasteiger partial charge in [0.2, 0.25) is 5.91 Å². The number of carbonyl (C=O) groups excluding carboxylic acids is 3. The number of anilines is 1. The lowest BCUT2D eigenvalue weighted by Gasteiger charge is -2.31. The van der Waals surface area contributed by atoms with Crippen molar-refractivity contribution in [1.82, 2.24) is 5.32 Å². The molecule has 2 aromatic rings. The molecule has 12 heteroatoms. The number of esters is 1. The Labute approximate surface area is 280 Å². The van der Waals surface area contributed by atoms with Gasteiger partial charge in [0.25, 0.3) is 5.91 Å². The zero-order chi connectivity index (χ0) is 33.2. The highest BCUT2D eigenvalue weighted by molar-refractivity contribution is 14.1. The van der Waals surface area contributed by atoms with Crippen LogP contribution in [0.15, 0.2) is 30.3 Å². The van der Waals surface area contributed by atoms with Gasteiger partial charge in [0, 0.05) is 23.4 Å². The quantitative estimate of drug-likeness (QED) is 0.160. The van der Waals surface area contributed by atoms with Gasteiger partial charge in [0.1, 0.15) is 5.75 Å². The molecule has 0 radical (unpaired) electrons. The number of hydrogen-bond donors (Lipinski definition) is 2. The predicted octanol–water partition coefficient (Wildman–Crippen LogP) is 6.57. The monoisotopic (exact) mass is 749 g/mol. The van der Waals surface area contributed by atoms with Crippen LogP contribution in [0, 0.1) is 40.8 Å². The van der Waals surface area contributed by atoms with Crippen molar-refractivity contribution < 1.29 is 37.4 Å². The first-order valence-corrected chi connectivity index (χ1v) is 16.8. The van der Waals surface area contributed by atoms with Crippen LogP contribution in [0.5, 0.6) is 11.5 Å². The second-order valence-corrected chi connectivity index (χ2v) is 14.5. The Bertz CT molecular complexity index is 1530. The molecule has 3 aliphatic rings. The van der Waals surface area contributed by atoms with E-state index in [9.17, 15) is 24.0 Å². The Morgan fingerprint density at radius 2 is 1.76 bits per heavy atom. The molecule has 5 rings (SSSR count). The summed E-state index contributed by atoms with van der Waals surface area (Å²) in [7, 11) is 1.35. The maximum Gasteiger partial charge on any atom is 0.308 e. The molecule has 9 nitrogen and oxygen atoms in total. The fourth-order valence-corrected chi connectivity index (χ4v) is 7.49. The van der Waals surface area contributed by atoms with Crippen LogP contribution in [0.25, 0.3) is 0 Å². The Kier molecular flexibility index (Phi) is 10.4. The van der Waals surface area contributed by atoms with Gasteiger partial charge in [0.15, 0.2) is 15.2 Å². The highest BCUT2D eigenvalue weighted by Crippen LogP contribution is 2.49. The largest absolute Gasteiger partial charge is 0.496 e. The summed E-state index contributed by atoms with van der Waals surface area (Å²) in [6, 6.07) is 8.43. The molecule has 1 unspecified atom stereocenters. The van der Waals surface area contributed by atoms with Crippen molar-refractivity contribution in [3.05, 3.63) is 52.8 Å². The first kappa shape index (κ1) is 33.9. The third kappa shape index (κ3) is 7.40. The van der Waals surface area contributed by atoms with Crippen LogP contribution in [0.1, 0.15) is 80.3 Å². The van der Waals surface area contributed by atoms with Gasteiger partial charge in [-0.2, -0.15) is 5.26 Å². The minimum absolute atomic E-state index is 0.0337. The van der Waals surface area contributed by atoms with E-state index in [-0.39, 0.29) is 63.9 Å². The van der Waals surface area contributed by atoms with Gasteiger partial charge in [0.05, 0.1) is 48.9 Å². The van der Waals surface area contributed by atoms with Gasteiger partial charge < -0.3 is 24.8 Å². The van der Waals surface area contributed by atoms with Crippen molar-refractivity contribution in [1.29, 1.82) is 5.26 Å². The molecule has 2 amide bonds. The number of nitrogens with zero attached hydrogens (tertiary/aromatic N) is 1. The Balaban J connectivity index is 1.31. The van der Waals surface area contributed by atoms with Crippen LogP contribution in [0.2, 0.25) is 0 Å². The SMILES string of the molecule is CCOC(=O)C1CCC(Oc2cc(C(=O)N[C@@H]3[C@H]4CC[C@H](C4)[C@@H]3C(=O)Nc3cc(C#N)cc(C(C)(F)I)c3)c(OC)cc2F)CC1. The van der Waals surface area contributed by atoms with E-state index in [4.69, 9.17) is 14.2 Å². The predicted molar refractivity (Wildman–Crippen MR) is 174 cm³/mol. The molecule has 3 saturated carbocycles. The third-order valence-electron chi connectivity index (χ3n) is 9.44. The molecule has 2 N–H and O–H groups in total. The molecule has 3 fully saturated rings. The second kappa shape index (κ2) is 14.1. The number of ether oxygens (including phenoxy) is 3. The van der Waals surface area contributed by atoms with Crippen molar-refractivity contribution in [2.24, 2.45) is 23.7 Å². The number of nitriles is 1. The van der Waals surface area contributed by atoms with Crippen LogP contribution in [0.3, 0.4) is 0 Å². The van der Waals surface area contributed by atoms with E-state index in [0.717, 1.165) is 25.3 Å². The second-order valence-electron chi connectivity index (χ2n) is 12.5. The van der Waals surface area contributed by atoms with E-state index < -0.39 is 27.4 Å². The minimum Gasteiger partial charge on any atom is -0.496 e. The number of carbonyl (C=O) groups is 3. The molecule has 0 spiro atoms. The van der Waals surface area contributed by atoms with Gasteiger partial charge in [-0.25, -0.2) is 8.78 Å². The fraction of sp³-hybridized carbons (Fsp3) is 0.529. The molecular weight excluding hydrogens is 711 g/mol. The summed E-state index contributed by atoms with van der Waals surface area (Å²) in [6.07, 6.45) is 4.35. The summed E-state index contributed by atoms with van der Waals surface area (Å²) >= 11 is 1.64. The van der Waals surface area contributed by atoms with Crippen LogP contribution < -0.4 is 20.1 Å². The first-order valence-electron chi connectivity index (χ1n) is 15.7. The molecule has 5 atom stereocenters. The summed E-state index contributed by atoms with van der Waals surface area (Å²) in [4.78, 5) is 39.5. The summed E-state index contributed by atoms with van der Waals surface area (Å²) in [5.41, 5.74) is 0.871. The van der Waals surface area contributed by atoms with Crippen LogP contribution in [-0.2, 0) is 18.0 Å². The highest BCUT2D eigenvalue weighted by Gasteiger charge is 2.51. The highest BCUT2D eigenvalue weighted by atomic mass is 127. The lowest BCUT2D eigenvalue weighted by molar-refractivity contribution is -0.149. The number of amides is 2. The molecule has 0 saturated heterocycles. The number of halogens is 3. The van der Waals surface area contributed by atoms with Gasteiger partial charge >= 0.3 is 5.97 Å². The maximum absolute atomic E-state index is 15.1. The number of benzene rings is 2. The van der Waals surface area contributed by atoms with Gasteiger partial charge in [-0.3, -0.25) is 14.4 Å². The molecule has 0 heterocycles. The number of hydrogen-bond acceptors (Lipinski definition) is 7. The number of nitrogens with one attached hydrogen (secondary N) is 2. The Hall–Kier alpha value is -3.47. The normalized spacial score (nSPS) is 26.4. The zero-order valence-electron chi connectivity index (χ0n) is 26.0. The molecule has 0 aromatic heterocycles. The number of methoxy groups -OCH3 is 1. The lowest BCUT2D eigenvalue weighted by Crippen LogP contribution is -2.48. The molecule has 0 aliphatic heterocycles. The lowest BCUT2D eigenvalue weighted by atomic mass is 9.83. The topological polar surface area (TPSA) is 127 Å². The summed E-state index contributed by atoms with van der Waals surface area (Å²) in [5.74, 6) is -2.43. The third-order valence-corrected chi connectivity index (χ3v) is 10.1. The van der Waals surface area contributed by atoms with Crippen molar-refractivity contribution in [3.63, 3.8) is 0 Å². The van der Waals surface area contributed by atoms with E-state index in [1.54, 1.807) is 29.5 Å². The Morgan fingerprint density at radius 1 is 1.04 bits per heavy atom. The van der Waals surface area contributed by atoms with Gasteiger partial charge in [-0.1, -0.05) is 0 Å². The molecular formula is C34H38F2IN3O6. The van der Waals surface area contributed by atoms with Crippen molar-refractivity contribution in [3.8, 4) is 17.6 Å².